The van der Waals surface area contributed by atoms with E-state index in [1.165, 1.54) is 139 Å². The zero-order valence-electron chi connectivity index (χ0n) is 41.8. The Balaban J connectivity index is 1.19. The van der Waals surface area contributed by atoms with Crippen LogP contribution in [-0.2, 0) is 27.1 Å². The normalized spacial score (nSPS) is 16.8. The first-order valence-corrected chi connectivity index (χ1v) is 25.0. The average molecular weight is 879 g/mol. The van der Waals surface area contributed by atoms with Gasteiger partial charge in [0, 0.05) is 60.7 Å². The molecule has 5 aliphatic rings. The van der Waals surface area contributed by atoms with Gasteiger partial charge < -0.3 is 9.38 Å². The predicted octanol–water partition coefficient (Wildman–Crippen LogP) is 15.7. The molecule has 14 rings (SSSR count). The summed E-state index contributed by atoms with van der Waals surface area (Å²) in [5.74, 6) is 0. The average Bonchev–Trinajstić information content (AvgIpc) is 3.92. The molecule has 2 nitrogen and oxygen atoms in total. The second kappa shape index (κ2) is 12.5. The van der Waals surface area contributed by atoms with Crippen LogP contribution in [0.2, 0.25) is 0 Å². The number of benzene rings is 8. The number of nitrogens with zero attached hydrogens (tertiary/aromatic N) is 2. The second-order valence-corrected chi connectivity index (χ2v) is 24.6. The van der Waals surface area contributed by atoms with Crippen LogP contribution in [0.3, 0.4) is 0 Å². The van der Waals surface area contributed by atoms with E-state index in [2.05, 4.69) is 232 Å². The summed E-state index contributed by atoms with van der Waals surface area (Å²) in [7, 11) is 0. The first kappa shape index (κ1) is 40.5. The molecule has 0 bridgehead atoms. The Morgan fingerprint density at radius 1 is 0.412 bits per heavy atom. The summed E-state index contributed by atoms with van der Waals surface area (Å²) >= 11 is 0. The van der Waals surface area contributed by atoms with Crippen LogP contribution in [0.5, 0.6) is 0 Å². The van der Waals surface area contributed by atoms with E-state index in [1.807, 2.05) is 0 Å². The molecule has 3 aliphatic carbocycles. The fraction of sp³-hybridized carbons (Fsp3) is 0.262. The minimum atomic E-state index is -0.215. The van der Waals surface area contributed by atoms with Crippen molar-refractivity contribution in [2.45, 2.75) is 110 Å². The molecular weight excluding hydrogens is 820 g/mol. The van der Waals surface area contributed by atoms with Crippen molar-refractivity contribution in [1.29, 1.82) is 0 Å². The molecule has 332 valence electrons. The second-order valence-electron chi connectivity index (χ2n) is 24.6. The van der Waals surface area contributed by atoms with Crippen LogP contribution >= 0.6 is 0 Å². The monoisotopic (exact) mass is 878 g/mol. The maximum absolute atomic E-state index is 2.79. The van der Waals surface area contributed by atoms with E-state index in [-0.39, 0.29) is 33.9 Å². The summed E-state index contributed by atoms with van der Waals surface area (Å²) in [4.78, 5) is 2.70. The van der Waals surface area contributed by atoms with E-state index in [1.54, 1.807) is 0 Å². The van der Waals surface area contributed by atoms with Crippen LogP contribution in [0.1, 0.15) is 128 Å². The number of fused-ring (bicyclic) bond motifs is 17. The van der Waals surface area contributed by atoms with Gasteiger partial charge >= 0.3 is 6.85 Å². The number of anilines is 3. The molecule has 0 amide bonds. The van der Waals surface area contributed by atoms with Gasteiger partial charge in [0.2, 0.25) is 0 Å². The zero-order chi connectivity index (χ0) is 46.9. The molecule has 68 heavy (non-hydrogen) atoms. The third-order valence-electron chi connectivity index (χ3n) is 17.7. The molecule has 0 N–H and O–H groups in total. The first-order chi connectivity index (χ1) is 32.3. The summed E-state index contributed by atoms with van der Waals surface area (Å²) in [6, 6.07) is 55.4. The first-order valence-electron chi connectivity index (χ1n) is 25.0. The summed E-state index contributed by atoms with van der Waals surface area (Å²) in [5.41, 5.74) is 30.8. The van der Waals surface area contributed by atoms with Crippen LogP contribution < -0.4 is 15.8 Å². The van der Waals surface area contributed by atoms with E-state index in [0.29, 0.717) is 0 Å². The Morgan fingerprint density at radius 3 is 1.63 bits per heavy atom. The smallest absolute Gasteiger partial charge is 0.333 e. The third kappa shape index (κ3) is 4.85. The standard InChI is InChI=1S/C65H59BN2/c1-61(2,3)36-25-28-54-44(29-36)45-30-37(62(4,5)6)31-46-58-57-41-21-15-18-24-49(41)65(11,12)52(57)35-56-59(58)66(68(54)60(45)46)53-34-51-43(40-20-14-17-23-48(40)64(51,9)10)33-55(53)67(56)38-26-27-50-42(32-38)39-19-13-16-22-47(39)63(50,7)8/h13-35H,1-12H3. The van der Waals surface area contributed by atoms with Gasteiger partial charge in [-0.25, -0.2) is 0 Å². The van der Waals surface area contributed by atoms with Crippen molar-refractivity contribution in [3.63, 3.8) is 0 Å². The Hall–Kier alpha value is -6.58. The van der Waals surface area contributed by atoms with Crippen molar-refractivity contribution < 1.29 is 0 Å². The summed E-state index contributed by atoms with van der Waals surface area (Å²) in [5, 5.41) is 2.71. The van der Waals surface area contributed by atoms with E-state index in [9.17, 15) is 0 Å². The van der Waals surface area contributed by atoms with Gasteiger partial charge in [-0.3, -0.25) is 0 Å². The van der Waals surface area contributed by atoms with Crippen LogP contribution in [0.15, 0.2) is 140 Å². The van der Waals surface area contributed by atoms with Crippen molar-refractivity contribution >= 4 is 56.6 Å². The molecule has 0 radical (unpaired) electrons. The topological polar surface area (TPSA) is 8.17 Å². The summed E-state index contributed by atoms with van der Waals surface area (Å²) in [6.07, 6.45) is 0. The maximum Gasteiger partial charge on any atom is 0.333 e. The molecule has 0 saturated carbocycles. The highest BCUT2D eigenvalue weighted by atomic mass is 15.2. The highest BCUT2D eigenvalue weighted by Crippen LogP contribution is 2.59. The number of hydrogen-bond acceptors (Lipinski definition) is 1. The van der Waals surface area contributed by atoms with Gasteiger partial charge in [0.15, 0.2) is 0 Å². The minimum absolute atomic E-state index is 0.00415. The van der Waals surface area contributed by atoms with Gasteiger partial charge in [0.1, 0.15) is 0 Å². The lowest BCUT2D eigenvalue weighted by Gasteiger charge is -2.43. The molecule has 0 spiro atoms. The lowest BCUT2D eigenvalue weighted by molar-refractivity contribution is 0.590. The molecular formula is C65H59BN2. The fourth-order valence-electron chi connectivity index (χ4n) is 14.0. The van der Waals surface area contributed by atoms with Crippen LogP contribution in [0, 0.1) is 0 Å². The molecule has 3 heterocycles. The van der Waals surface area contributed by atoms with Gasteiger partial charge in [-0.15, -0.1) is 0 Å². The van der Waals surface area contributed by atoms with Gasteiger partial charge in [-0.05, 0) is 154 Å². The molecule has 8 aromatic carbocycles. The van der Waals surface area contributed by atoms with E-state index in [0.717, 1.165) is 0 Å². The molecule has 2 aliphatic heterocycles. The zero-order valence-corrected chi connectivity index (χ0v) is 41.8. The van der Waals surface area contributed by atoms with Crippen molar-refractivity contribution in [3.05, 3.63) is 184 Å². The lowest BCUT2D eigenvalue weighted by Crippen LogP contribution is -2.57. The SMILES string of the molecule is CC(C)(C)c1ccc2c(c1)c1cc(C(C)(C)C)cc3c1n2B1c2cc4c(cc2N(c2ccc5c(c2)-c2ccccc2C5(C)C)c2cc5c(c-3c21)-c1ccccc1C5(C)C)-c1ccccc1C4(C)C. The molecule has 3 heteroatoms. The van der Waals surface area contributed by atoms with E-state index < -0.39 is 0 Å². The van der Waals surface area contributed by atoms with Crippen molar-refractivity contribution in [2.24, 2.45) is 0 Å². The van der Waals surface area contributed by atoms with Gasteiger partial charge in [0.25, 0.3) is 0 Å². The minimum Gasteiger partial charge on any atom is -0.375 e. The number of rotatable bonds is 1. The predicted molar refractivity (Wildman–Crippen MR) is 290 cm³/mol. The Labute approximate surface area is 402 Å². The Bertz CT molecular complexity index is 3800. The molecule has 0 saturated heterocycles. The van der Waals surface area contributed by atoms with Gasteiger partial charge in [-0.1, -0.05) is 174 Å². The highest BCUT2D eigenvalue weighted by Gasteiger charge is 2.50. The molecule has 0 fully saturated rings. The molecule has 1 aromatic heterocycles. The van der Waals surface area contributed by atoms with Gasteiger partial charge in [-0.2, -0.15) is 0 Å². The van der Waals surface area contributed by atoms with Crippen molar-refractivity contribution in [1.82, 2.24) is 4.48 Å². The van der Waals surface area contributed by atoms with Gasteiger partial charge in [0.05, 0.1) is 0 Å². The molecule has 0 unspecified atom stereocenters. The maximum atomic E-state index is 2.79. The molecule has 9 aromatic rings. The summed E-state index contributed by atoms with van der Waals surface area (Å²) < 4.78 is 2.79. The van der Waals surface area contributed by atoms with E-state index >= 15 is 0 Å². The fourth-order valence-corrected chi connectivity index (χ4v) is 14.0. The van der Waals surface area contributed by atoms with Crippen LogP contribution in [0.4, 0.5) is 17.1 Å². The number of hydrogen-bond donors (Lipinski definition) is 0. The Kier molecular flexibility index (Phi) is 7.47. The highest BCUT2D eigenvalue weighted by molar-refractivity contribution is 6.90. The molecule has 0 atom stereocenters. The van der Waals surface area contributed by atoms with Crippen molar-refractivity contribution in [3.8, 4) is 44.5 Å². The van der Waals surface area contributed by atoms with E-state index in [4.69, 9.17) is 0 Å². The van der Waals surface area contributed by atoms with Crippen LogP contribution in [-0.4, -0.2) is 11.3 Å². The number of aromatic nitrogens is 1. The lowest BCUT2D eigenvalue weighted by atomic mass is 9.44. The van der Waals surface area contributed by atoms with Crippen LogP contribution in [0.25, 0.3) is 66.3 Å². The third-order valence-corrected chi connectivity index (χ3v) is 17.7. The largest absolute Gasteiger partial charge is 0.375 e. The summed E-state index contributed by atoms with van der Waals surface area (Å²) in [6.45, 7) is 28.8. The van der Waals surface area contributed by atoms with Crippen molar-refractivity contribution in [2.75, 3.05) is 4.90 Å². The quantitative estimate of drug-likeness (QED) is 0.149. The Morgan fingerprint density at radius 2 is 0.971 bits per heavy atom.